The van der Waals surface area contributed by atoms with E-state index in [0.29, 0.717) is 0 Å². The topological polar surface area (TPSA) is 49.3 Å². The van der Waals surface area contributed by atoms with Crippen LogP contribution in [0.15, 0.2) is 0 Å². The quantitative estimate of drug-likeness (QED) is 0.450. The molecule has 1 atom stereocenters. The maximum absolute atomic E-state index is 9.43. The van der Waals surface area contributed by atoms with E-state index in [-0.39, 0.29) is 12.6 Å². The van der Waals surface area contributed by atoms with Gasteiger partial charge in [-0.15, -0.1) is 0 Å². The van der Waals surface area contributed by atoms with Gasteiger partial charge in [-0.25, -0.2) is 0 Å². The molecule has 3 nitrogen and oxygen atoms in total. The molecule has 41 valence electrons. The van der Waals surface area contributed by atoms with E-state index in [0.717, 1.165) is 0 Å². The van der Waals surface area contributed by atoms with Gasteiger partial charge < -0.3 is 10.4 Å². The minimum atomic E-state index is -0.169. The van der Waals surface area contributed by atoms with Gasteiger partial charge in [0, 0.05) is 6.04 Å². The number of nitrogens with one attached hydrogen (secondary N) is 1. The molecule has 0 aromatic rings. The minimum Gasteiger partial charge on any atom is -0.394 e. The minimum absolute atomic E-state index is 0.0325. The Morgan fingerprint density at radius 3 is 2.71 bits per heavy atom. The third kappa shape index (κ3) is 3.26. The van der Waals surface area contributed by atoms with E-state index < -0.39 is 0 Å². The molecule has 0 fully saturated rings. The maximum atomic E-state index is 9.43. The van der Waals surface area contributed by atoms with Crippen LogP contribution in [0.1, 0.15) is 6.92 Å². The van der Waals surface area contributed by atoms with Crippen LogP contribution in [0.3, 0.4) is 0 Å². The van der Waals surface area contributed by atoms with E-state index in [1.165, 1.54) is 6.41 Å². The van der Waals surface area contributed by atoms with Crippen LogP contribution in [0.5, 0.6) is 0 Å². The molecule has 0 aromatic carbocycles. The molecule has 0 aliphatic heterocycles. The second kappa shape index (κ2) is 3.61. The molecule has 1 radical (unpaired) electrons. The van der Waals surface area contributed by atoms with Gasteiger partial charge in [0.2, 0.25) is 0 Å². The highest BCUT2D eigenvalue weighted by Crippen LogP contribution is 1.70. The molecule has 0 aromatic heterocycles. The van der Waals surface area contributed by atoms with E-state index in [1.54, 1.807) is 6.92 Å². The summed E-state index contributed by atoms with van der Waals surface area (Å²) in [4.78, 5) is 9.43. The smallest absolute Gasteiger partial charge is 0.309 e. The Balaban J connectivity index is 2.98. The lowest BCUT2D eigenvalue weighted by Crippen LogP contribution is -2.27. The summed E-state index contributed by atoms with van der Waals surface area (Å²) in [6.45, 7) is 1.65. The highest BCUT2D eigenvalue weighted by molar-refractivity contribution is 5.47. The molecule has 0 heterocycles. The Hall–Kier alpha value is -0.570. The van der Waals surface area contributed by atoms with E-state index in [4.69, 9.17) is 5.11 Å². The summed E-state index contributed by atoms with van der Waals surface area (Å²) >= 11 is 0. The predicted octanol–water partition coefficient (Wildman–Crippen LogP) is -0.976. The van der Waals surface area contributed by atoms with Crippen molar-refractivity contribution in [3.8, 4) is 0 Å². The fourth-order valence-electron chi connectivity index (χ4n) is 0.146. The standard InChI is InChI=1S/C4H8NO2/c1-4(2-6)5-3-7/h4,6H,2H2,1H3,(H,5,7)/t4-/m0/s1. The molecule has 0 saturated carbocycles. The van der Waals surface area contributed by atoms with E-state index in [1.807, 2.05) is 0 Å². The van der Waals surface area contributed by atoms with E-state index >= 15 is 0 Å². The normalized spacial score (nSPS) is 12.9. The third-order valence-electron chi connectivity index (χ3n) is 0.579. The van der Waals surface area contributed by atoms with Crippen LogP contribution in [0, 0.1) is 0 Å². The molecule has 0 rings (SSSR count). The molecular formula is C4H8NO2. The van der Waals surface area contributed by atoms with Gasteiger partial charge in [0.25, 0.3) is 0 Å². The van der Waals surface area contributed by atoms with Gasteiger partial charge in [-0.05, 0) is 6.92 Å². The van der Waals surface area contributed by atoms with Crippen LogP contribution in [0.25, 0.3) is 0 Å². The summed E-state index contributed by atoms with van der Waals surface area (Å²) in [6.07, 6.45) is 1.46. The van der Waals surface area contributed by atoms with Crippen molar-refractivity contribution in [1.82, 2.24) is 5.32 Å². The predicted molar refractivity (Wildman–Crippen MR) is 25.4 cm³/mol. The summed E-state index contributed by atoms with van der Waals surface area (Å²) in [5, 5.41) is 10.5. The first kappa shape index (κ1) is 6.43. The van der Waals surface area contributed by atoms with E-state index in [9.17, 15) is 4.79 Å². The monoisotopic (exact) mass is 102 g/mol. The van der Waals surface area contributed by atoms with Gasteiger partial charge >= 0.3 is 6.41 Å². The maximum Gasteiger partial charge on any atom is 0.309 e. The average molecular weight is 102 g/mol. The SMILES string of the molecule is C[C@@H](CO)N[C]=O. The molecule has 0 bridgehead atoms. The van der Waals surface area contributed by atoms with E-state index in [2.05, 4.69) is 5.32 Å². The lowest BCUT2D eigenvalue weighted by molar-refractivity contribution is 0.263. The third-order valence-corrected chi connectivity index (χ3v) is 0.579. The fourth-order valence-corrected chi connectivity index (χ4v) is 0.146. The number of hydrogen-bond acceptors (Lipinski definition) is 2. The molecule has 3 heteroatoms. The number of hydrogen-bond donors (Lipinski definition) is 2. The van der Waals surface area contributed by atoms with Crippen molar-refractivity contribution in [3.05, 3.63) is 0 Å². The van der Waals surface area contributed by atoms with Crippen molar-refractivity contribution in [2.75, 3.05) is 6.61 Å². The van der Waals surface area contributed by atoms with Crippen molar-refractivity contribution in [2.45, 2.75) is 13.0 Å². The molecule has 0 unspecified atom stereocenters. The zero-order valence-electron chi connectivity index (χ0n) is 4.14. The number of rotatable bonds is 3. The highest BCUT2D eigenvalue weighted by Gasteiger charge is 1.92. The summed E-state index contributed by atoms with van der Waals surface area (Å²) in [6, 6.07) is -0.169. The second-order valence-corrected chi connectivity index (χ2v) is 1.33. The lowest BCUT2D eigenvalue weighted by atomic mass is 10.4. The van der Waals surface area contributed by atoms with Gasteiger partial charge in [0.15, 0.2) is 0 Å². The van der Waals surface area contributed by atoms with Crippen molar-refractivity contribution in [1.29, 1.82) is 0 Å². The van der Waals surface area contributed by atoms with Crippen molar-refractivity contribution in [2.24, 2.45) is 0 Å². The Labute approximate surface area is 42.3 Å². The number of aliphatic hydroxyl groups excluding tert-OH is 1. The van der Waals surface area contributed by atoms with Crippen LogP contribution in [0.2, 0.25) is 0 Å². The molecule has 1 amide bonds. The van der Waals surface area contributed by atoms with Crippen LogP contribution in [0.4, 0.5) is 0 Å². The molecule has 0 spiro atoms. The van der Waals surface area contributed by atoms with Crippen LogP contribution in [-0.4, -0.2) is 24.2 Å². The lowest BCUT2D eigenvalue weighted by Gasteiger charge is -2.00. The van der Waals surface area contributed by atoms with Crippen LogP contribution in [-0.2, 0) is 4.79 Å². The first-order valence-electron chi connectivity index (χ1n) is 2.04. The number of amides is 1. The van der Waals surface area contributed by atoms with Crippen molar-refractivity contribution < 1.29 is 9.90 Å². The molecular weight excluding hydrogens is 94.0 g/mol. The summed E-state index contributed by atoms with van der Waals surface area (Å²) in [5.41, 5.74) is 0. The summed E-state index contributed by atoms with van der Waals surface area (Å²) in [7, 11) is 0. The van der Waals surface area contributed by atoms with Gasteiger partial charge in [-0.2, -0.15) is 0 Å². The van der Waals surface area contributed by atoms with Crippen molar-refractivity contribution >= 4 is 6.41 Å². The fraction of sp³-hybridized carbons (Fsp3) is 0.750. The molecule has 0 saturated heterocycles. The van der Waals surface area contributed by atoms with Gasteiger partial charge in [0.1, 0.15) is 0 Å². The number of aliphatic hydroxyl groups is 1. The van der Waals surface area contributed by atoms with Gasteiger partial charge in [-0.3, -0.25) is 4.79 Å². The Bertz CT molecular complexity index is 55.7. The first-order valence-corrected chi connectivity index (χ1v) is 2.04. The highest BCUT2D eigenvalue weighted by atomic mass is 16.3. The zero-order chi connectivity index (χ0) is 5.70. The van der Waals surface area contributed by atoms with Crippen LogP contribution < -0.4 is 5.32 Å². The number of carbonyl (C=O) groups excluding carboxylic acids is 1. The molecule has 2 N–H and O–H groups in total. The Kier molecular flexibility index (Phi) is 3.32. The van der Waals surface area contributed by atoms with Gasteiger partial charge in [0.05, 0.1) is 6.61 Å². The Morgan fingerprint density at radius 2 is 2.57 bits per heavy atom. The Morgan fingerprint density at radius 1 is 2.00 bits per heavy atom. The first-order chi connectivity index (χ1) is 3.31. The zero-order valence-corrected chi connectivity index (χ0v) is 4.14. The molecule has 7 heavy (non-hydrogen) atoms. The molecule has 0 aliphatic rings. The summed E-state index contributed by atoms with van der Waals surface area (Å²) < 4.78 is 0. The van der Waals surface area contributed by atoms with Crippen LogP contribution >= 0.6 is 0 Å². The largest absolute Gasteiger partial charge is 0.394 e. The van der Waals surface area contributed by atoms with Crippen molar-refractivity contribution in [3.63, 3.8) is 0 Å². The second-order valence-electron chi connectivity index (χ2n) is 1.33. The average Bonchev–Trinajstić information content (AvgIpc) is 1.68. The van der Waals surface area contributed by atoms with Gasteiger partial charge in [-0.1, -0.05) is 0 Å². The molecule has 0 aliphatic carbocycles. The summed E-state index contributed by atoms with van der Waals surface area (Å²) in [5.74, 6) is 0.